The van der Waals surface area contributed by atoms with Gasteiger partial charge in [0.15, 0.2) is 0 Å². The molecule has 2 rings (SSSR count). The van der Waals surface area contributed by atoms with Gasteiger partial charge in [-0.05, 0) is 35.9 Å². The van der Waals surface area contributed by atoms with Gasteiger partial charge in [0.25, 0.3) is 0 Å². The lowest BCUT2D eigenvalue weighted by Gasteiger charge is -2.08. The Kier molecular flexibility index (Phi) is 4.02. The minimum absolute atomic E-state index is 0.0832. The highest BCUT2D eigenvalue weighted by Crippen LogP contribution is 2.22. The molecular weight excluding hydrogens is 267 g/mol. The van der Waals surface area contributed by atoms with Crippen LogP contribution in [0, 0.1) is 5.82 Å². The van der Waals surface area contributed by atoms with Gasteiger partial charge in [0.1, 0.15) is 5.82 Å². The van der Waals surface area contributed by atoms with Crippen LogP contribution in [-0.2, 0) is 11.2 Å². The molecule has 0 saturated carbocycles. The molecule has 0 aliphatic rings. The fourth-order valence-corrected chi connectivity index (χ4v) is 1.85. The van der Waals surface area contributed by atoms with E-state index in [1.807, 2.05) is 0 Å². The van der Waals surface area contributed by atoms with Crippen molar-refractivity contribution in [3.8, 4) is 0 Å². The molecule has 0 heterocycles. The van der Waals surface area contributed by atoms with Crippen molar-refractivity contribution in [1.29, 1.82) is 0 Å². The lowest BCUT2D eigenvalue weighted by atomic mass is 10.1. The van der Waals surface area contributed by atoms with Crippen LogP contribution in [0.25, 0.3) is 0 Å². The highest BCUT2D eigenvalue weighted by molar-refractivity contribution is 6.31. The van der Waals surface area contributed by atoms with E-state index < -0.39 is 0 Å². The molecule has 3 nitrogen and oxygen atoms in total. The minimum Gasteiger partial charge on any atom is -0.397 e. The summed E-state index contributed by atoms with van der Waals surface area (Å²) in [6.07, 6.45) is 0.0832. The fourth-order valence-electron chi connectivity index (χ4n) is 1.67. The Morgan fingerprint density at radius 1 is 1.26 bits per heavy atom. The number of nitrogens with two attached hydrogens (primary N) is 1. The van der Waals surface area contributed by atoms with E-state index in [1.165, 1.54) is 12.1 Å². The van der Waals surface area contributed by atoms with Gasteiger partial charge in [-0.15, -0.1) is 0 Å². The van der Waals surface area contributed by atoms with E-state index in [-0.39, 0.29) is 18.1 Å². The molecule has 0 aromatic heterocycles. The lowest BCUT2D eigenvalue weighted by molar-refractivity contribution is -0.115. The number of benzene rings is 2. The summed E-state index contributed by atoms with van der Waals surface area (Å²) < 4.78 is 13.0. The third kappa shape index (κ3) is 3.69. The summed E-state index contributed by atoms with van der Waals surface area (Å²) in [4.78, 5) is 11.8. The smallest absolute Gasteiger partial charge is 0.228 e. The molecule has 0 aliphatic heterocycles. The second-order valence-electron chi connectivity index (χ2n) is 4.09. The van der Waals surface area contributed by atoms with E-state index in [0.29, 0.717) is 22.0 Å². The third-order valence-corrected chi connectivity index (χ3v) is 2.78. The summed E-state index contributed by atoms with van der Waals surface area (Å²) in [5.74, 6) is -0.629. The monoisotopic (exact) mass is 278 g/mol. The molecule has 1 amide bonds. The quantitative estimate of drug-likeness (QED) is 0.847. The molecule has 0 aliphatic carbocycles. The summed E-state index contributed by atoms with van der Waals surface area (Å²) >= 11 is 5.77. The van der Waals surface area contributed by atoms with Gasteiger partial charge >= 0.3 is 0 Å². The number of carbonyl (C=O) groups excluding carboxylic acids is 1. The maximum Gasteiger partial charge on any atom is 0.228 e. The number of nitrogens with one attached hydrogen (secondary N) is 1. The molecule has 0 bridgehead atoms. The van der Waals surface area contributed by atoms with Crippen LogP contribution in [0.3, 0.4) is 0 Å². The zero-order chi connectivity index (χ0) is 13.8. The van der Waals surface area contributed by atoms with Crippen LogP contribution in [-0.4, -0.2) is 5.91 Å². The van der Waals surface area contributed by atoms with Crippen molar-refractivity contribution < 1.29 is 9.18 Å². The Hall–Kier alpha value is -2.07. The standard InChI is InChI=1S/C14H12ClFN2O/c15-10-4-5-13(12(17)8-10)18-14(19)7-9-2-1-3-11(16)6-9/h1-6,8H,7,17H2,(H,18,19). The molecule has 3 N–H and O–H groups in total. The van der Waals surface area contributed by atoms with Crippen LogP contribution in [0.2, 0.25) is 5.02 Å². The molecule has 0 radical (unpaired) electrons. The second kappa shape index (κ2) is 5.71. The van der Waals surface area contributed by atoms with Crippen molar-refractivity contribution in [3.63, 3.8) is 0 Å². The summed E-state index contributed by atoms with van der Waals surface area (Å²) in [6, 6.07) is 10.7. The fraction of sp³-hybridized carbons (Fsp3) is 0.0714. The Labute approximate surface area is 115 Å². The maximum absolute atomic E-state index is 13.0. The molecule has 0 saturated heterocycles. The van der Waals surface area contributed by atoms with Crippen LogP contribution in [0.1, 0.15) is 5.56 Å². The summed E-state index contributed by atoms with van der Waals surface area (Å²) in [6.45, 7) is 0. The molecule has 98 valence electrons. The Morgan fingerprint density at radius 3 is 2.74 bits per heavy atom. The first kappa shape index (κ1) is 13.4. The first-order valence-electron chi connectivity index (χ1n) is 5.64. The van der Waals surface area contributed by atoms with Crippen molar-refractivity contribution in [2.45, 2.75) is 6.42 Å². The number of nitrogen functional groups attached to an aromatic ring is 1. The zero-order valence-electron chi connectivity index (χ0n) is 9.99. The number of hydrogen-bond acceptors (Lipinski definition) is 2. The Balaban J connectivity index is 2.05. The van der Waals surface area contributed by atoms with Crippen LogP contribution >= 0.6 is 11.6 Å². The van der Waals surface area contributed by atoms with Gasteiger partial charge in [-0.1, -0.05) is 23.7 Å². The van der Waals surface area contributed by atoms with Crippen molar-refractivity contribution in [3.05, 3.63) is 58.9 Å². The SMILES string of the molecule is Nc1cc(Cl)ccc1NC(=O)Cc1cccc(F)c1. The molecule has 2 aromatic rings. The van der Waals surface area contributed by atoms with Gasteiger partial charge in [-0.25, -0.2) is 4.39 Å². The van der Waals surface area contributed by atoms with E-state index >= 15 is 0 Å². The largest absolute Gasteiger partial charge is 0.397 e. The van der Waals surface area contributed by atoms with E-state index in [2.05, 4.69) is 5.32 Å². The number of hydrogen-bond donors (Lipinski definition) is 2. The van der Waals surface area contributed by atoms with Gasteiger partial charge in [0.2, 0.25) is 5.91 Å². The average molecular weight is 279 g/mol. The third-order valence-electron chi connectivity index (χ3n) is 2.54. The molecule has 0 fully saturated rings. The Bertz CT molecular complexity index is 616. The Morgan fingerprint density at radius 2 is 2.05 bits per heavy atom. The number of halogens is 2. The van der Waals surface area contributed by atoms with Crippen LogP contribution in [0.5, 0.6) is 0 Å². The van der Waals surface area contributed by atoms with E-state index in [4.69, 9.17) is 17.3 Å². The van der Waals surface area contributed by atoms with E-state index in [0.717, 1.165) is 0 Å². The first-order chi connectivity index (χ1) is 9.04. The molecule has 2 aromatic carbocycles. The van der Waals surface area contributed by atoms with Crippen molar-refractivity contribution in [2.75, 3.05) is 11.1 Å². The average Bonchev–Trinajstić information content (AvgIpc) is 2.33. The summed E-state index contributed by atoms with van der Waals surface area (Å²) in [7, 11) is 0. The van der Waals surface area contributed by atoms with Crippen molar-refractivity contribution in [2.24, 2.45) is 0 Å². The molecule has 0 spiro atoms. The predicted molar refractivity (Wildman–Crippen MR) is 74.6 cm³/mol. The van der Waals surface area contributed by atoms with Crippen molar-refractivity contribution in [1.82, 2.24) is 0 Å². The van der Waals surface area contributed by atoms with Gasteiger partial charge in [-0.2, -0.15) is 0 Å². The zero-order valence-corrected chi connectivity index (χ0v) is 10.7. The van der Waals surface area contributed by atoms with Gasteiger partial charge in [0.05, 0.1) is 17.8 Å². The molecule has 0 unspecified atom stereocenters. The minimum atomic E-state index is -0.365. The van der Waals surface area contributed by atoms with Gasteiger partial charge in [0, 0.05) is 5.02 Å². The number of rotatable bonds is 3. The van der Waals surface area contributed by atoms with Crippen LogP contribution in [0.4, 0.5) is 15.8 Å². The highest BCUT2D eigenvalue weighted by Gasteiger charge is 2.07. The summed E-state index contributed by atoms with van der Waals surface area (Å²) in [5.41, 5.74) is 7.21. The topological polar surface area (TPSA) is 55.1 Å². The van der Waals surface area contributed by atoms with Crippen LogP contribution in [0.15, 0.2) is 42.5 Å². The maximum atomic E-state index is 13.0. The van der Waals surface area contributed by atoms with Crippen LogP contribution < -0.4 is 11.1 Å². The molecule has 19 heavy (non-hydrogen) atoms. The van der Waals surface area contributed by atoms with E-state index in [1.54, 1.807) is 30.3 Å². The first-order valence-corrected chi connectivity index (χ1v) is 6.02. The van der Waals surface area contributed by atoms with Gasteiger partial charge < -0.3 is 11.1 Å². The molecule has 5 heteroatoms. The highest BCUT2D eigenvalue weighted by atomic mass is 35.5. The molecule has 0 atom stereocenters. The second-order valence-corrected chi connectivity index (χ2v) is 4.52. The van der Waals surface area contributed by atoms with E-state index in [9.17, 15) is 9.18 Å². The summed E-state index contributed by atoms with van der Waals surface area (Å²) in [5, 5.41) is 3.16. The van der Waals surface area contributed by atoms with Gasteiger partial charge in [-0.3, -0.25) is 4.79 Å². The number of carbonyl (C=O) groups is 1. The number of anilines is 2. The molecular formula is C14H12ClFN2O. The normalized spacial score (nSPS) is 10.2. The van der Waals surface area contributed by atoms with Crippen molar-refractivity contribution >= 4 is 28.9 Å². The lowest BCUT2D eigenvalue weighted by Crippen LogP contribution is -2.15. The number of amides is 1. The predicted octanol–water partition coefficient (Wildman–Crippen LogP) is 3.24.